The maximum Gasteiger partial charge on any atom is 0.420 e. The molecule has 0 saturated carbocycles. The lowest BCUT2D eigenvalue weighted by Crippen LogP contribution is -2.51. The number of aliphatic carboxylic acids is 1. The fourth-order valence-electron chi connectivity index (χ4n) is 2.81. The summed E-state index contributed by atoms with van der Waals surface area (Å²) < 4.78 is 10.4. The highest BCUT2D eigenvalue weighted by atomic mass is 16.6. The van der Waals surface area contributed by atoms with Crippen molar-refractivity contribution in [3.63, 3.8) is 0 Å². The quantitative estimate of drug-likeness (QED) is 0.665. The van der Waals surface area contributed by atoms with Crippen LogP contribution in [0.4, 0.5) is 9.59 Å². The van der Waals surface area contributed by atoms with Crippen LogP contribution in [0, 0.1) is 0 Å². The molecule has 2 rings (SSSR count). The molecular formula is C21H28N2O6. The Balaban J connectivity index is 2.35. The van der Waals surface area contributed by atoms with Crippen LogP contribution in [0.3, 0.4) is 0 Å². The topological polar surface area (TPSA) is 109 Å². The summed E-state index contributed by atoms with van der Waals surface area (Å²) in [7, 11) is 0. The van der Waals surface area contributed by atoms with Crippen LogP contribution in [0.25, 0.3) is 10.9 Å². The Kier molecular flexibility index (Phi) is 7.25. The van der Waals surface area contributed by atoms with Crippen molar-refractivity contribution in [2.24, 2.45) is 0 Å². The van der Waals surface area contributed by atoms with Crippen molar-refractivity contribution in [1.82, 2.24) is 9.88 Å². The van der Waals surface area contributed by atoms with Crippen LogP contribution in [0.2, 0.25) is 0 Å². The lowest BCUT2D eigenvalue weighted by Gasteiger charge is -2.29. The highest BCUT2D eigenvalue weighted by Gasteiger charge is 2.39. The summed E-state index contributed by atoms with van der Waals surface area (Å²) in [6.45, 7) is 6.94. The molecule has 0 aliphatic rings. The second-order valence-electron chi connectivity index (χ2n) is 7.74. The summed E-state index contributed by atoms with van der Waals surface area (Å²) in [4.78, 5) is 41.0. The molecule has 0 fully saturated rings. The van der Waals surface area contributed by atoms with Gasteiger partial charge in [0, 0.05) is 23.5 Å². The second kappa shape index (κ2) is 9.45. The normalized spacial score (nSPS) is 12.4. The Labute approximate surface area is 169 Å². The van der Waals surface area contributed by atoms with Crippen molar-refractivity contribution in [2.75, 3.05) is 6.61 Å². The molecule has 2 amide bonds. The SMILES string of the molecule is CCCCOC(=O)N(C(=O)OC(C)(C)C)[C@H](Cc1c[nH]c2ccccc12)C(=O)O. The molecule has 1 aromatic heterocycles. The number of para-hydroxylation sites is 1. The minimum absolute atomic E-state index is 0.0819. The van der Waals surface area contributed by atoms with E-state index in [-0.39, 0.29) is 13.0 Å². The van der Waals surface area contributed by atoms with E-state index in [1.54, 1.807) is 27.0 Å². The van der Waals surface area contributed by atoms with E-state index < -0.39 is 29.8 Å². The number of hydrogen-bond donors (Lipinski definition) is 2. The molecular weight excluding hydrogens is 376 g/mol. The monoisotopic (exact) mass is 404 g/mol. The number of nitrogens with one attached hydrogen (secondary N) is 1. The first kappa shape index (κ1) is 22.3. The predicted molar refractivity (Wildman–Crippen MR) is 108 cm³/mol. The third kappa shape index (κ3) is 5.97. The van der Waals surface area contributed by atoms with Gasteiger partial charge in [0.05, 0.1) is 6.61 Å². The molecule has 0 bridgehead atoms. The van der Waals surface area contributed by atoms with Gasteiger partial charge >= 0.3 is 18.2 Å². The molecule has 0 aliphatic carbocycles. The molecule has 1 atom stereocenters. The Morgan fingerprint density at radius 1 is 1.17 bits per heavy atom. The number of rotatable bonds is 7. The third-order valence-electron chi connectivity index (χ3n) is 4.20. The molecule has 1 heterocycles. The zero-order valence-electron chi connectivity index (χ0n) is 17.2. The standard InChI is InChI=1S/C21H28N2O6/c1-5-6-11-28-19(26)23(20(27)29-21(2,3)4)17(18(24)25)12-14-13-22-16-10-8-7-9-15(14)16/h7-10,13,17,22H,5-6,11-12H2,1-4H3,(H,24,25)/t17-/m1/s1. The zero-order valence-corrected chi connectivity index (χ0v) is 17.2. The van der Waals surface area contributed by atoms with E-state index >= 15 is 0 Å². The number of amides is 2. The lowest BCUT2D eigenvalue weighted by atomic mass is 10.0. The first-order chi connectivity index (χ1) is 13.6. The van der Waals surface area contributed by atoms with Crippen LogP contribution in [-0.4, -0.2) is 51.4 Å². The number of carbonyl (C=O) groups excluding carboxylic acids is 2. The van der Waals surface area contributed by atoms with Gasteiger partial charge in [-0.2, -0.15) is 4.90 Å². The number of carbonyl (C=O) groups is 3. The zero-order chi connectivity index (χ0) is 21.6. The maximum atomic E-state index is 12.7. The molecule has 0 unspecified atom stereocenters. The average Bonchev–Trinajstić information content (AvgIpc) is 3.03. The van der Waals surface area contributed by atoms with E-state index in [9.17, 15) is 19.5 Å². The van der Waals surface area contributed by atoms with Crippen LogP contribution in [-0.2, 0) is 20.7 Å². The molecule has 2 aromatic rings. The lowest BCUT2D eigenvalue weighted by molar-refractivity contribution is -0.142. The van der Waals surface area contributed by atoms with Gasteiger partial charge < -0.3 is 19.6 Å². The van der Waals surface area contributed by atoms with Crippen molar-refractivity contribution >= 4 is 29.1 Å². The molecule has 158 valence electrons. The smallest absolute Gasteiger partial charge is 0.420 e. The number of H-pyrrole nitrogens is 1. The fourth-order valence-corrected chi connectivity index (χ4v) is 2.81. The Bertz CT molecular complexity index is 867. The van der Waals surface area contributed by atoms with E-state index in [1.165, 1.54) is 0 Å². The van der Waals surface area contributed by atoms with E-state index in [1.807, 2.05) is 31.2 Å². The van der Waals surface area contributed by atoms with Gasteiger partial charge in [-0.15, -0.1) is 0 Å². The number of ether oxygens (including phenoxy) is 2. The molecule has 0 radical (unpaired) electrons. The van der Waals surface area contributed by atoms with E-state index in [4.69, 9.17) is 9.47 Å². The predicted octanol–water partition coefficient (Wildman–Crippen LogP) is 4.34. The first-order valence-electron chi connectivity index (χ1n) is 9.60. The Morgan fingerprint density at radius 3 is 2.48 bits per heavy atom. The number of benzene rings is 1. The molecule has 1 aromatic carbocycles. The summed E-state index contributed by atoms with van der Waals surface area (Å²) in [6.07, 6.45) is 0.912. The van der Waals surface area contributed by atoms with Gasteiger partial charge in [0.1, 0.15) is 11.6 Å². The highest BCUT2D eigenvalue weighted by Crippen LogP contribution is 2.22. The fraction of sp³-hybridized carbons (Fsp3) is 0.476. The van der Waals surface area contributed by atoms with E-state index in [2.05, 4.69) is 4.98 Å². The summed E-state index contributed by atoms with van der Waals surface area (Å²) in [5.74, 6) is -1.33. The van der Waals surface area contributed by atoms with Crippen LogP contribution >= 0.6 is 0 Å². The maximum absolute atomic E-state index is 12.7. The number of hydrogen-bond acceptors (Lipinski definition) is 5. The molecule has 2 N–H and O–H groups in total. The minimum atomic E-state index is -1.47. The number of nitrogens with zero attached hydrogens (tertiary/aromatic N) is 1. The average molecular weight is 404 g/mol. The summed E-state index contributed by atoms with van der Waals surface area (Å²) in [5.41, 5.74) is 0.604. The van der Waals surface area contributed by atoms with Crippen molar-refractivity contribution in [1.29, 1.82) is 0 Å². The molecule has 8 heteroatoms. The van der Waals surface area contributed by atoms with Gasteiger partial charge in [0.25, 0.3) is 0 Å². The van der Waals surface area contributed by atoms with Gasteiger partial charge in [-0.1, -0.05) is 31.5 Å². The van der Waals surface area contributed by atoms with Crippen LogP contribution in [0.15, 0.2) is 30.5 Å². The summed E-state index contributed by atoms with van der Waals surface area (Å²) in [5, 5.41) is 10.6. The number of carboxylic acids is 1. The largest absolute Gasteiger partial charge is 0.480 e. The second-order valence-corrected chi connectivity index (χ2v) is 7.74. The van der Waals surface area contributed by atoms with Crippen molar-refractivity contribution in [3.05, 3.63) is 36.0 Å². The third-order valence-corrected chi connectivity index (χ3v) is 4.20. The molecule has 8 nitrogen and oxygen atoms in total. The van der Waals surface area contributed by atoms with Gasteiger partial charge in [0.15, 0.2) is 0 Å². The number of aromatic amines is 1. The van der Waals surface area contributed by atoms with Crippen molar-refractivity contribution in [3.8, 4) is 0 Å². The van der Waals surface area contributed by atoms with Crippen molar-refractivity contribution < 1.29 is 29.0 Å². The molecule has 29 heavy (non-hydrogen) atoms. The Hall–Kier alpha value is -3.03. The van der Waals surface area contributed by atoms with Crippen LogP contribution < -0.4 is 0 Å². The van der Waals surface area contributed by atoms with Crippen molar-refractivity contribution in [2.45, 2.75) is 58.6 Å². The number of carboxylic acid groups (broad SMARTS) is 1. The van der Waals surface area contributed by atoms with E-state index in [0.717, 1.165) is 17.3 Å². The number of unbranched alkanes of at least 4 members (excludes halogenated alkanes) is 1. The summed E-state index contributed by atoms with van der Waals surface area (Å²) in [6, 6.07) is 5.92. The molecule has 0 aliphatic heterocycles. The van der Waals surface area contributed by atoms with Crippen LogP contribution in [0.5, 0.6) is 0 Å². The number of fused-ring (bicyclic) bond motifs is 1. The summed E-state index contributed by atoms with van der Waals surface area (Å²) >= 11 is 0. The number of imide groups is 1. The van der Waals surface area contributed by atoms with Gasteiger partial charge in [-0.3, -0.25) is 0 Å². The Morgan fingerprint density at radius 2 is 1.86 bits per heavy atom. The van der Waals surface area contributed by atoms with Gasteiger partial charge in [0.2, 0.25) is 0 Å². The van der Waals surface area contributed by atoms with Crippen LogP contribution in [0.1, 0.15) is 46.1 Å². The van der Waals surface area contributed by atoms with E-state index in [0.29, 0.717) is 16.9 Å². The van der Waals surface area contributed by atoms with Gasteiger partial charge in [-0.05, 0) is 38.8 Å². The van der Waals surface area contributed by atoms with Gasteiger partial charge in [-0.25, -0.2) is 14.4 Å². The first-order valence-corrected chi connectivity index (χ1v) is 9.60. The molecule has 0 saturated heterocycles. The number of aromatic nitrogens is 1. The minimum Gasteiger partial charge on any atom is -0.480 e. The molecule has 0 spiro atoms. The highest BCUT2D eigenvalue weighted by molar-refractivity contribution is 5.94.